The summed E-state index contributed by atoms with van der Waals surface area (Å²) >= 11 is 3.35. The third kappa shape index (κ3) is 8.82. The van der Waals surface area contributed by atoms with Crippen LogP contribution in [-0.4, -0.2) is 29.9 Å². The molecule has 1 amide bonds. The van der Waals surface area contributed by atoms with Gasteiger partial charge in [0.15, 0.2) is 5.96 Å². The van der Waals surface area contributed by atoms with Gasteiger partial charge in [-0.1, -0.05) is 22.0 Å². The Labute approximate surface area is 172 Å². The highest BCUT2D eigenvalue weighted by Gasteiger charge is 2.02. The van der Waals surface area contributed by atoms with Gasteiger partial charge in [0, 0.05) is 41.4 Å². The van der Waals surface area contributed by atoms with Gasteiger partial charge in [0.25, 0.3) is 0 Å². The van der Waals surface area contributed by atoms with Crippen molar-refractivity contribution in [3.63, 3.8) is 0 Å². The van der Waals surface area contributed by atoms with Gasteiger partial charge < -0.3 is 16.4 Å². The van der Waals surface area contributed by atoms with Crippen LogP contribution in [0.25, 0.3) is 0 Å². The first-order valence-electron chi connectivity index (χ1n) is 7.62. The molecule has 25 heavy (non-hydrogen) atoms. The summed E-state index contributed by atoms with van der Waals surface area (Å²) in [5.41, 5.74) is 7.53. The number of guanidine groups is 1. The topological polar surface area (TPSA) is 92.4 Å². The number of hydrogen-bond acceptors (Lipinski definition) is 3. The molecular formula is C17H21BrIN5O. The molecule has 1 heterocycles. The highest BCUT2D eigenvalue weighted by Crippen LogP contribution is 2.14. The summed E-state index contributed by atoms with van der Waals surface area (Å²) in [6.45, 7) is 0.988. The van der Waals surface area contributed by atoms with E-state index in [2.05, 4.69) is 36.5 Å². The Morgan fingerprint density at radius 1 is 1.20 bits per heavy atom. The number of pyridine rings is 1. The molecule has 0 bridgehead atoms. The normalized spacial score (nSPS) is 10.7. The maximum atomic E-state index is 11.8. The number of nitrogens with zero attached hydrogens (tertiary/aromatic N) is 2. The van der Waals surface area contributed by atoms with Crippen molar-refractivity contribution < 1.29 is 4.79 Å². The van der Waals surface area contributed by atoms with Gasteiger partial charge in [-0.15, -0.1) is 24.0 Å². The van der Waals surface area contributed by atoms with Gasteiger partial charge in [0.05, 0.1) is 6.54 Å². The number of carbonyl (C=O) groups is 1. The van der Waals surface area contributed by atoms with E-state index in [9.17, 15) is 4.79 Å². The number of hydrogen-bond donors (Lipinski definition) is 3. The molecular weight excluding hydrogens is 497 g/mol. The summed E-state index contributed by atoms with van der Waals surface area (Å²) in [5, 5.41) is 5.82. The quantitative estimate of drug-likeness (QED) is 0.299. The lowest BCUT2D eigenvalue weighted by Gasteiger charge is -2.06. The lowest BCUT2D eigenvalue weighted by Crippen LogP contribution is -2.33. The van der Waals surface area contributed by atoms with Gasteiger partial charge in [-0.2, -0.15) is 0 Å². The average molecular weight is 518 g/mol. The van der Waals surface area contributed by atoms with Crippen LogP contribution < -0.4 is 16.4 Å². The highest BCUT2D eigenvalue weighted by molar-refractivity contribution is 14.0. The maximum absolute atomic E-state index is 11.8. The molecule has 0 aliphatic heterocycles. The lowest BCUT2D eigenvalue weighted by atomic mass is 10.3. The highest BCUT2D eigenvalue weighted by atomic mass is 127. The number of nitrogens with two attached hydrogens (primary N) is 1. The van der Waals surface area contributed by atoms with Crippen molar-refractivity contribution in [1.29, 1.82) is 0 Å². The van der Waals surface area contributed by atoms with E-state index < -0.39 is 0 Å². The third-order valence-electron chi connectivity index (χ3n) is 3.16. The number of benzene rings is 1. The summed E-state index contributed by atoms with van der Waals surface area (Å²) in [4.78, 5) is 20.2. The second-order valence-corrected chi connectivity index (χ2v) is 5.99. The van der Waals surface area contributed by atoms with Gasteiger partial charge in [-0.3, -0.25) is 14.8 Å². The number of aliphatic imine (C=N–C) groups is 1. The minimum atomic E-state index is -0.0950. The van der Waals surface area contributed by atoms with E-state index in [1.54, 1.807) is 6.20 Å². The van der Waals surface area contributed by atoms with Crippen molar-refractivity contribution in [3.8, 4) is 0 Å². The molecule has 0 aliphatic carbocycles. The molecule has 2 aromatic rings. The van der Waals surface area contributed by atoms with Crippen molar-refractivity contribution in [2.45, 2.75) is 12.8 Å². The van der Waals surface area contributed by atoms with Crippen molar-refractivity contribution >= 4 is 57.5 Å². The number of halogens is 2. The monoisotopic (exact) mass is 517 g/mol. The molecule has 2 rings (SSSR count). The minimum Gasteiger partial charge on any atom is -0.370 e. The molecule has 1 aromatic heterocycles. The molecule has 0 atom stereocenters. The van der Waals surface area contributed by atoms with Crippen LogP contribution in [-0.2, 0) is 11.2 Å². The summed E-state index contributed by atoms with van der Waals surface area (Å²) in [5.74, 6) is 0.240. The molecule has 6 nitrogen and oxygen atoms in total. The first-order valence-corrected chi connectivity index (χ1v) is 8.42. The first kappa shape index (κ1) is 21.4. The molecule has 8 heteroatoms. The van der Waals surface area contributed by atoms with Crippen LogP contribution in [0.15, 0.2) is 58.1 Å². The number of carbonyl (C=O) groups excluding carboxylic acids is 1. The van der Waals surface area contributed by atoms with Gasteiger partial charge in [-0.25, -0.2) is 0 Å². The molecule has 0 aliphatic rings. The number of aromatic nitrogens is 1. The van der Waals surface area contributed by atoms with Gasteiger partial charge in [0.2, 0.25) is 5.91 Å². The second-order valence-electron chi connectivity index (χ2n) is 5.07. The predicted molar refractivity (Wildman–Crippen MR) is 115 cm³/mol. The Kier molecular flexibility index (Phi) is 10.1. The fourth-order valence-corrected chi connectivity index (χ4v) is 2.22. The fraction of sp³-hybridized carbons (Fsp3) is 0.235. The van der Waals surface area contributed by atoms with Gasteiger partial charge in [0.1, 0.15) is 0 Å². The summed E-state index contributed by atoms with van der Waals surface area (Å²) in [6.07, 6.45) is 2.80. The van der Waals surface area contributed by atoms with E-state index in [4.69, 9.17) is 5.73 Å². The van der Waals surface area contributed by atoms with Crippen LogP contribution in [0.2, 0.25) is 0 Å². The third-order valence-corrected chi connectivity index (χ3v) is 3.69. The number of nitrogens with one attached hydrogen (secondary N) is 2. The zero-order chi connectivity index (χ0) is 17.2. The summed E-state index contributed by atoms with van der Waals surface area (Å²) in [7, 11) is 0. The molecule has 0 saturated heterocycles. The van der Waals surface area contributed by atoms with Crippen LogP contribution in [0.3, 0.4) is 0 Å². The molecule has 0 spiro atoms. The second kappa shape index (κ2) is 11.8. The molecule has 0 unspecified atom stereocenters. The van der Waals surface area contributed by atoms with Crippen molar-refractivity contribution in [2.75, 3.05) is 18.4 Å². The van der Waals surface area contributed by atoms with E-state index in [1.165, 1.54) is 0 Å². The number of rotatable bonds is 7. The zero-order valence-electron chi connectivity index (χ0n) is 13.6. The van der Waals surface area contributed by atoms with Crippen LogP contribution in [0.4, 0.5) is 5.69 Å². The Morgan fingerprint density at radius 3 is 2.64 bits per heavy atom. The predicted octanol–water partition coefficient (Wildman–Crippen LogP) is 2.94. The zero-order valence-corrected chi connectivity index (χ0v) is 17.5. The van der Waals surface area contributed by atoms with Gasteiger partial charge in [-0.05, 0) is 36.4 Å². The summed E-state index contributed by atoms with van der Waals surface area (Å²) in [6, 6.07) is 13.2. The summed E-state index contributed by atoms with van der Waals surface area (Å²) < 4.78 is 0.967. The largest absolute Gasteiger partial charge is 0.370 e. The van der Waals surface area contributed by atoms with Crippen LogP contribution in [0.5, 0.6) is 0 Å². The number of anilines is 1. The molecule has 0 fully saturated rings. The van der Waals surface area contributed by atoms with E-state index in [1.807, 2.05) is 42.5 Å². The molecule has 134 valence electrons. The Balaban J connectivity index is 0.00000312. The minimum absolute atomic E-state index is 0. The average Bonchev–Trinajstić information content (AvgIpc) is 2.58. The van der Waals surface area contributed by atoms with E-state index in [-0.39, 0.29) is 36.3 Å². The van der Waals surface area contributed by atoms with Crippen LogP contribution >= 0.6 is 39.9 Å². The molecule has 4 N–H and O–H groups in total. The van der Waals surface area contributed by atoms with Crippen molar-refractivity contribution in [3.05, 3.63) is 58.8 Å². The Morgan fingerprint density at radius 2 is 1.96 bits per heavy atom. The fourth-order valence-electron chi connectivity index (χ4n) is 1.96. The van der Waals surface area contributed by atoms with E-state index in [0.717, 1.165) is 22.3 Å². The van der Waals surface area contributed by atoms with E-state index >= 15 is 0 Å². The number of amides is 1. The maximum Gasteiger partial charge on any atom is 0.226 e. The van der Waals surface area contributed by atoms with Crippen LogP contribution in [0, 0.1) is 0 Å². The van der Waals surface area contributed by atoms with Crippen molar-refractivity contribution in [2.24, 2.45) is 10.7 Å². The van der Waals surface area contributed by atoms with E-state index in [0.29, 0.717) is 19.0 Å². The lowest BCUT2D eigenvalue weighted by molar-refractivity contribution is -0.116. The van der Waals surface area contributed by atoms with Crippen molar-refractivity contribution in [1.82, 2.24) is 10.3 Å². The van der Waals surface area contributed by atoms with Crippen LogP contribution in [0.1, 0.15) is 12.1 Å². The standard InChI is InChI=1S/C17H20BrN5O.HI/c18-13-4-6-15(7-5-13)23-16(24)9-12-22-17(19)21-11-8-14-3-1-2-10-20-14;/h1-7,10H,8-9,11-12H2,(H,23,24)(H3,19,21,22);1H. The van der Waals surface area contributed by atoms with Gasteiger partial charge >= 0.3 is 0 Å². The Hall–Kier alpha value is -1.68. The molecule has 0 radical (unpaired) electrons. The first-order chi connectivity index (χ1) is 11.6. The molecule has 0 saturated carbocycles. The SMILES string of the molecule is I.NC(=NCCC(=O)Nc1ccc(Br)cc1)NCCc1ccccn1. The Bertz CT molecular complexity index is 679. The smallest absolute Gasteiger partial charge is 0.226 e. The molecule has 1 aromatic carbocycles.